The molecule has 0 N–H and O–H groups in total. The molecule has 0 fully saturated rings. The summed E-state index contributed by atoms with van der Waals surface area (Å²) in [6.45, 7) is 4.61. The Morgan fingerprint density at radius 2 is 1.89 bits per heavy atom. The first-order valence-electron chi connectivity index (χ1n) is 9.74. The first kappa shape index (κ1) is 19.7. The van der Waals surface area contributed by atoms with Crippen molar-refractivity contribution in [3.63, 3.8) is 0 Å². The lowest BCUT2D eigenvalue weighted by Crippen LogP contribution is -2.21. The van der Waals surface area contributed by atoms with Gasteiger partial charge in [0.2, 0.25) is 0 Å². The number of fused-ring (bicyclic) bond motifs is 3. The monoisotopic (exact) mass is 386 g/mol. The molecule has 0 aromatic heterocycles. The van der Waals surface area contributed by atoms with Crippen LogP contribution in [0.25, 0.3) is 11.1 Å². The fraction of sp³-hybridized carbons (Fsp3) is 0.409. The number of hydrogen-bond donors (Lipinski definition) is 0. The normalized spacial score (nSPS) is 17.6. The molecule has 0 radical (unpaired) electrons. The Labute approximate surface area is 161 Å². The number of carbonyl (C=O) groups is 1. The van der Waals surface area contributed by atoms with E-state index in [0.717, 1.165) is 36.8 Å². The predicted molar refractivity (Wildman–Crippen MR) is 109 cm³/mol. The Morgan fingerprint density at radius 3 is 2.67 bits per heavy atom. The predicted octanol–water partition coefficient (Wildman–Crippen LogP) is 5.34. The van der Waals surface area contributed by atoms with Crippen LogP contribution < -0.4 is 9.83 Å². The summed E-state index contributed by atoms with van der Waals surface area (Å²) in [5.74, 6) is 0.312. The van der Waals surface area contributed by atoms with E-state index in [4.69, 9.17) is 9.26 Å². The highest BCUT2D eigenvalue weighted by molar-refractivity contribution is 7.67. The summed E-state index contributed by atoms with van der Waals surface area (Å²) >= 11 is 0. The summed E-state index contributed by atoms with van der Waals surface area (Å²) < 4.78 is 24.9. The van der Waals surface area contributed by atoms with Gasteiger partial charge in [-0.15, -0.1) is 0 Å². The molecule has 3 rings (SSSR count). The zero-order chi connectivity index (χ0) is 19.3. The molecule has 1 aliphatic heterocycles. The molecule has 5 heteroatoms. The smallest absolute Gasteiger partial charge is 0.306 e. The van der Waals surface area contributed by atoms with E-state index < -0.39 is 7.37 Å². The van der Waals surface area contributed by atoms with Gasteiger partial charge in [0, 0.05) is 11.7 Å². The number of ether oxygens (including phenoxy) is 1. The fourth-order valence-electron chi connectivity index (χ4n) is 3.32. The zero-order valence-corrected chi connectivity index (χ0v) is 17.0. The van der Waals surface area contributed by atoms with Gasteiger partial charge in [0.25, 0.3) is 7.37 Å². The lowest BCUT2D eigenvalue weighted by Gasteiger charge is -2.29. The van der Waals surface area contributed by atoms with Crippen LogP contribution in [0.15, 0.2) is 42.5 Å². The van der Waals surface area contributed by atoms with Gasteiger partial charge < -0.3 is 9.26 Å². The number of carbonyl (C=O) groups excluding carboxylic acids is 1. The van der Waals surface area contributed by atoms with Crippen molar-refractivity contribution in [2.75, 3.05) is 12.8 Å². The largest absolute Gasteiger partial charge is 0.466 e. The van der Waals surface area contributed by atoms with Crippen molar-refractivity contribution < 1.29 is 18.6 Å². The molecule has 2 aromatic rings. The van der Waals surface area contributed by atoms with E-state index >= 15 is 0 Å². The van der Waals surface area contributed by atoms with E-state index in [0.29, 0.717) is 17.7 Å². The lowest BCUT2D eigenvalue weighted by atomic mass is 10.00. The molecule has 1 atom stereocenters. The van der Waals surface area contributed by atoms with Gasteiger partial charge in [-0.2, -0.15) is 0 Å². The summed E-state index contributed by atoms with van der Waals surface area (Å²) in [6, 6.07) is 13.7. The Balaban J connectivity index is 1.87. The standard InChI is InChI=1S/C22H27O4P/c1-3-5-14-25-22(23)13-15-27(24)21-12-11-17(8-4-2)16-19(21)18-9-6-7-10-20(18)26-27/h6-7,9-12,16H,3-5,8,13-15H2,1-2H3. The summed E-state index contributed by atoms with van der Waals surface area (Å²) in [5.41, 5.74) is 3.14. The number of para-hydroxylation sites is 1. The second kappa shape index (κ2) is 8.75. The average molecular weight is 386 g/mol. The van der Waals surface area contributed by atoms with Gasteiger partial charge in [-0.05, 0) is 36.1 Å². The summed E-state index contributed by atoms with van der Waals surface area (Å²) in [5, 5.41) is 0.711. The van der Waals surface area contributed by atoms with Crippen LogP contribution >= 0.6 is 7.37 Å². The van der Waals surface area contributed by atoms with E-state index in [2.05, 4.69) is 13.0 Å². The molecule has 0 saturated carbocycles. The molecule has 1 unspecified atom stereocenters. The average Bonchev–Trinajstić information content (AvgIpc) is 2.67. The van der Waals surface area contributed by atoms with Crippen LogP contribution in [0, 0.1) is 0 Å². The molecule has 2 aromatic carbocycles. The lowest BCUT2D eigenvalue weighted by molar-refractivity contribution is -0.143. The van der Waals surface area contributed by atoms with Crippen LogP contribution in [0.4, 0.5) is 0 Å². The third-order valence-electron chi connectivity index (χ3n) is 4.76. The van der Waals surface area contributed by atoms with E-state index in [9.17, 15) is 9.36 Å². The molecule has 0 amide bonds. The third kappa shape index (κ3) is 4.44. The number of unbranched alkanes of at least 4 members (excludes halogenated alkanes) is 1. The number of hydrogen-bond acceptors (Lipinski definition) is 4. The van der Waals surface area contributed by atoms with Gasteiger partial charge in [0.05, 0.1) is 18.3 Å². The van der Waals surface area contributed by atoms with Crippen molar-refractivity contribution in [3.05, 3.63) is 48.0 Å². The molecule has 0 spiro atoms. The van der Waals surface area contributed by atoms with Crippen molar-refractivity contribution in [1.82, 2.24) is 0 Å². The topological polar surface area (TPSA) is 52.6 Å². The van der Waals surface area contributed by atoms with Gasteiger partial charge in [-0.1, -0.05) is 57.0 Å². The Hall–Kier alpha value is -2.06. The number of esters is 1. The minimum absolute atomic E-state index is 0.0965. The molecular weight excluding hydrogens is 359 g/mol. The van der Waals surface area contributed by atoms with Crippen LogP contribution in [0.5, 0.6) is 5.75 Å². The Kier molecular flexibility index (Phi) is 6.38. The van der Waals surface area contributed by atoms with E-state index in [1.54, 1.807) is 0 Å². The van der Waals surface area contributed by atoms with Crippen LogP contribution in [-0.2, 0) is 20.5 Å². The summed E-state index contributed by atoms with van der Waals surface area (Å²) in [7, 11) is -3.17. The van der Waals surface area contributed by atoms with E-state index in [1.165, 1.54) is 5.56 Å². The van der Waals surface area contributed by atoms with Crippen LogP contribution in [0.1, 0.15) is 45.1 Å². The third-order valence-corrected chi connectivity index (χ3v) is 7.19. The number of benzene rings is 2. The minimum Gasteiger partial charge on any atom is -0.466 e. The number of rotatable bonds is 8. The molecule has 27 heavy (non-hydrogen) atoms. The molecule has 1 aliphatic rings. The Bertz CT molecular complexity index is 859. The Morgan fingerprint density at radius 1 is 1.07 bits per heavy atom. The first-order valence-corrected chi connectivity index (χ1v) is 11.6. The van der Waals surface area contributed by atoms with Gasteiger partial charge in [-0.25, -0.2) is 0 Å². The molecule has 0 bridgehead atoms. The van der Waals surface area contributed by atoms with Crippen molar-refractivity contribution in [2.24, 2.45) is 0 Å². The highest BCUT2D eigenvalue weighted by Gasteiger charge is 2.36. The van der Waals surface area contributed by atoms with Crippen molar-refractivity contribution in [1.29, 1.82) is 0 Å². The number of aryl methyl sites for hydroxylation is 1. The maximum Gasteiger partial charge on any atom is 0.306 e. The summed E-state index contributed by atoms with van der Waals surface area (Å²) in [6.07, 6.45) is 4.10. The van der Waals surface area contributed by atoms with E-state index in [-0.39, 0.29) is 18.6 Å². The van der Waals surface area contributed by atoms with Crippen molar-refractivity contribution >= 4 is 18.6 Å². The van der Waals surface area contributed by atoms with Gasteiger partial charge in [0.15, 0.2) is 0 Å². The molecule has 0 saturated heterocycles. The van der Waals surface area contributed by atoms with Gasteiger partial charge in [-0.3, -0.25) is 9.36 Å². The quantitative estimate of drug-likeness (QED) is 0.349. The van der Waals surface area contributed by atoms with Crippen LogP contribution in [0.3, 0.4) is 0 Å². The summed E-state index contributed by atoms with van der Waals surface area (Å²) in [4.78, 5) is 12.0. The SMILES string of the molecule is CCCCOC(=O)CCP1(=O)Oc2ccccc2-c2cc(CCC)ccc21. The molecular formula is C22H27O4P. The zero-order valence-electron chi connectivity index (χ0n) is 16.1. The molecule has 0 aliphatic carbocycles. The van der Waals surface area contributed by atoms with Crippen LogP contribution in [-0.4, -0.2) is 18.7 Å². The highest BCUT2D eigenvalue weighted by Crippen LogP contribution is 2.55. The minimum atomic E-state index is -3.17. The highest BCUT2D eigenvalue weighted by atomic mass is 31.2. The van der Waals surface area contributed by atoms with Crippen molar-refractivity contribution in [2.45, 2.75) is 46.0 Å². The van der Waals surface area contributed by atoms with Crippen molar-refractivity contribution in [3.8, 4) is 16.9 Å². The van der Waals surface area contributed by atoms with Gasteiger partial charge in [0.1, 0.15) is 5.75 Å². The fourth-order valence-corrected chi connectivity index (χ4v) is 5.56. The maximum atomic E-state index is 13.7. The van der Waals surface area contributed by atoms with E-state index in [1.807, 2.05) is 43.3 Å². The maximum absolute atomic E-state index is 13.7. The van der Waals surface area contributed by atoms with Gasteiger partial charge >= 0.3 is 5.97 Å². The molecule has 1 heterocycles. The second-order valence-corrected chi connectivity index (χ2v) is 9.37. The molecule has 4 nitrogen and oxygen atoms in total. The molecule has 144 valence electrons. The first-order chi connectivity index (χ1) is 13.1. The van der Waals surface area contributed by atoms with Crippen LogP contribution in [0.2, 0.25) is 0 Å². The second-order valence-electron chi connectivity index (χ2n) is 6.91.